The fraction of sp³-hybridized carbons (Fsp3) is 0.111. The summed E-state index contributed by atoms with van der Waals surface area (Å²) in [5.74, 6) is 0.334. The van der Waals surface area contributed by atoms with E-state index in [0.29, 0.717) is 11.4 Å². The minimum Gasteiger partial charge on any atom is -0.497 e. The van der Waals surface area contributed by atoms with Crippen LogP contribution in [0.3, 0.4) is 0 Å². The molecular weight excluding hydrogens is 294 g/mol. The van der Waals surface area contributed by atoms with E-state index in [2.05, 4.69) is 4.98 Å². The summed E-state index contributed by atoms with van der Waals surface area (Å²) < 4.78 is 10.7. The molecule has 3 rings (SSSR count). The second-order valence-electron chi connectivity index (χ2n) is 4.94. The van der Waals surface area contributed by atoms with Gasteiger partial charge in [0.05, 0.1) is 23.9 Å². The number of carboxylic acids is 1. The molecular formula is C18H15NO4. The molecule has 0 aliphatic rings. The summed E-state index contributed by atoms with van der Waals surface area (Å²) in [6.07, 6.45) is 0. The molecule has 0 spiro atoms. The molecule has 0 bridgehead atoms. The van der Waals surface area contributed by atoms with Gasteiger partial charge in [-0.2, -0.15) is 0 Å². The second-order valence-corrected chi connectivity index (χ2v) is 4.94. The second kappa shape index (κ2) is 6.36. The number of fused-ring (bicyclic) bond motifs is 1. The Hall–Kier alpha value is -3.08. The number of methoxy groups -OCH3 is 1. The van der Waals surface area contributed by atoms with Crippen LogP contribution in [0.5, 0.6) is 11.5 Å². The molecule has 0 atom stereocenters. The maximum atomic E-state index is 11.4. The van der Waals surface area contributed by atoms with Gasteiger partial charge in [0.25, 0.3) is 0 Å². The van der Waals surface area contributed by atoms with E-state index < -0.39 is 5.97 Å². The molecule has 1 N–H and O–H groups in total. The van der Waals surface area contributed by atoms with Crippen molar-refractivity contribution >= 4 is 16.9 Å². The first-order valence-electron chi connectivity index (χ1n) is 7.06. The standard InChI is InChI=1S/C18H15NO4/c1-22-13-6-8-14(9-7-13)23-11-17-15(18(20)21)10-12-4-2-3-5-16(12)19-17/h2-10H,11H2,1H3,(H,20,21). The Balaban J connectivity index is 1.88. The Morgan fingerprint density at radius 2 is 1.78 bits per heavy atom. The number of carbonyl (C=O) groups is 1. The smallest absolute Gasteiger partial charge is 0.337 e. The average Bonchev–Trinajstić information content (AvgIpc) is 2.59. The third kappa shape index (κ3) is 3.23. The first-order chi connectivity index (χ1) is 11.2. The molecule has 0 saturated carbocycles. The van der Waals surface area contributed by atoms with Crippen LogP contribution < -0.4 is 9.47 Å². The van der Waals surface area contributed by atoms with E-state index in [9.17, 15) is 9.90 Å². The number of nitrogens with zero attached hydrogens (tertiary/aromatic N) is 1. The number of aromatic nitrogens is 1. The third-order valence-corrected chi connectivity index (χ3v) is 3.47. The number of pyridine rings is 1. The largest absolute Gasteiger partial charge is 0.497 e. The van der Waals surface area contributed by atoms with Crippen molar-refractivity contribution in [1.82, 2.24) is 4.98 Å². The van der Waals surface area contributed by atoms with Crippen LogP contribution in [0.15, 0.2) is 54.6 Å². The Kier molecular flexibility index (Phi) is 4.10. The van der Waals surface area contributed by atoms with E-state index in [0.717, 1.165) is 16.7 Å². The van der Waals surface area contributed by atoms with Gasteiger partial charge in [-0.1, -0.05) is 18.2 Å². The third-order valence-electron chi connectivity index (χ3n) is 3.47. The van der Waals surface area contributed by atoms with Gasteiger partial charge in [-0.25, -0.2) is 9.78 Å². The van der Waals surface area contributed by atoms with Gasteiger partial charge >= 0.3 is 5.97 Å². The number of benzene rings is 2. The van der Waals surface area contributed by atoms with Gasteiger partial charge in [0.2, 0.25) is 0 Å². The molecule has 116 valence electrons. The number of hydrogen-bond donors (Lipinski definition) is 1. The molecule has 0 radical (unpaired) electrons. The molecule has 2 aromatic carbocycles. The fourth-order valence-electron chi connectivity index (χ4n) is 2.27. The van der Waals surface area contributed by atoms with Crippen molar-refractivity contribution in [2.45, 2.75) is 6.61 Å². The molecule has 1 heterocycles. The molecule has 0 fully saturated rings. The lowest BCUT2D eigenvalue weighted by Crippen LogP contribution is -2.08. The maximum Gasteiger partial charge on any atom is 0.337 e. The molecule has 5 heteroatoms. The quantitative estimate of drug-likeness (QED) is 0.781. The zero-order valence-corrected chi connectivity index (χ0v) is 12.5. The summed E-state index contributed by atoms with van der Waals surface area (Å²) in [5, 5.41) is 10.2. The highest BCUT2D eigenvalue weighted by atomic mass is 16.5. The molecule has 0 aliphatic heterocycles. The molecule has 0 saturated heterocycles. The minimum absolute atomic E-state index is 0.0821. The zero-order chi connectivity index (χ0) is 16.2. The molecule has 3 aromatic rings. The Morgan fingerprint density at radius 1 is 1.09 bits per heavy atom. The summed E-state index contributed by atoms with van der Waals surface area (Å²) >= 11 is 0. The van der Waals surface area contributed by atoms with Gasteiger partial charge in [0.15, 0.2) is 0 Å². The van der Waals surface area contributed by atoms with Crippen LogP contribution >= 0.6 is 0 Å². The van der Waals surface area contributed by atoms with E-state index in [-0.39, 0.29) is 12.2 Å². The van der Waals surface area contributed by atoms with Gasteiger partial charge in [-0.3, -0.25) is 0 Å². The lowest BCUT2D eigenvalue weighted by atomic mass is 10.1. The summed E-state index contributed by atoms with van der Waals surface area (Å²) in [6, 6.07) is 16.1. The average molecular weight is 309 g/mol. The molecule has 1 aromatic heterocycles. The number of ether oxygens (including phenoxy) is 2. The highest BCUT2D eigenvalue weighted by Gasteiger charge is 2.14. The van der Waals surface area contributed by atoms with Crippen molar-refractivity contribution in [3.63, 3.8) is 0 Å². The summed E-state index contributed by atoms with van der Waals surface area (Å²) in [7, 11) is 1.59. The van der Waals surface area contributed by atoms with E-state index in [1.807, 2.05) is 24.3 Å². The highest BCUT2D eigenvalue weighted by molar-refractivity contribution is 5.93. The number of aromatic carboxylic acids is 1. The predicted molar refractivity (Wildman–Crippen MR) is 86.0 cm³/mol. The van der Waals surface area contributed by atoms with Gasteiger partial charge in [-0.15, -0.1) is 0 Å². The summed E-state index contributed by atoms with van der Waals surface area (Å²) in [6.45, 7) is 0.0821. The zero-order valence-electron chi connectivity index (χ0n) is 12.5. The minimum atomic E-state index is -1.02. The number of para-hydroxylation sites is 1. The van der Waals surface area contributed by atoms with Gasteiger partial charge in [-0.05, 0) is 36.4 Å². The van der Waals surface area contributed by atoms with Crippen LogP contribution in [0.4, 0.5) is 0 Å². The van der Waals surface area contributed by atoms with E-state index in [4.69, 9.17) is 9.47 Å². The lowest BCUT2D eigenvalue weighted by molar-refractivity contribution is 0.0693. The fourth-order valence-corrected chi connectivity index (χ4v) is 2.27. The van der Waals surface area contributed by atoms with Crippen molar-refractivity contribution in [3.8, 4) is 11.5 Å². The van der Waals surface area contributed by atoms with Crippen molar-refractivity contribution in [2.24, 2.45) is 0 Å². The number of rotatable bonds is 5. The summed E-state index contributed by atoms with van der Waals surface area (Å²) in [4.78, 5) is 15.9. The van der Waals surface area contributed by atoms with Crippen LogP contribution in [0.1, 0.15) is 16.1 Å². The molecule has 0 amide bonds. The number of hydrogen-bond acceptors (Lipinski definition) is 4. The summed E-state index contributed by atoms with van der Waals surface area (Å²) in [5.41, 5.74) is 1.29. The predicted octanol–water partition coefficient (Wildman–Crippen LogP) is 3.52. The van der Waals surface area contributed by atoms with E-state index >= 15 is 0 Å². The van der Waals surface area contributed by atoms with Crippen LogP contribution in [0.2, 0.25) is 0 Å². The van der Waals surface area contributed by atoms with Crippen LogP contribution in [-0.4, -0.2) is 23.2 Å². The van der Waals surface area contributed by atoms with Crippen molar-refractivity contribution in [2.75, 3.05) is 7.11 Å². The van der Waals surface area contributed by atoms with Crippen molar-refractivity contribution in [1.29, 1.82) is 0 Å². The first kappa shape index (κ1) is 14.8. The van der Waals surface area contributed by atoms with Crippen LogP contribution in [0, 0.1) is 0 Å². The topological polar surface area (TPSA) is 68.7 Å². The molecule has 0 aliphatic carbocycles. The van der Waals surface area contributed by atoms with Crippen molar-refractivity contribution in [3.05, 3.63) is 65.9 Å². The van der Waals surface area contributed by atoms with Crippen molar-refractivity contribution < 1.29 is 19.4 Å². The van der Waals surface area contributed by atoms with E-state index in [1.165, 1.54) is 0 Å². The molecule has 5 nitrogen and oxygen atoms in total. The Morgan fingerprint density at radius 3 is 2.48 bits per heavy atom. The Bertz CT molecular complexity index is 843. The first-order valence-corrected chi connectivity index (χ1v) is 7.06. The molecule has 23 heavy (non-hydrogen) atoms. The van der Waals surface area contributed by atoms with E-state index in [1.54, 1.807) is 37.4 Å². The van der Waals surface area contributed by atoms with Crippen LogP contribution in [-0.2, 0) is 6.61 Å². The van der Waals surface area contributed by atoms with Gasteiger partial charge < -0.3 is 14.6 Å². The van der Waals surface area contributed by atoms with Crippen LogP contribution in [0.25, 0.3) is 10.9 Å². The van der Waals surface area contributed by atoms with Gasteiger partial charge in [0, 0.05) is 5.39 Å². The van der Waals surface area contributed by atoms with Gasteiger partial charge in [0.1, 0.15) is 18.1 Å². The highest BCUT2D eigenvalue weighted by Crippen LogP contribution is 2.21. The SMILES string of the molecule is COc1ccc(OCc2nc3ccccc3cc2C(=O)O)cc1. The lowest BCUT2D eigenvalue weighted by Gasteiger charge is -2.10. The Labute approximate surface area is 133 Å². The molecule has 0 unspecified atom stereocenters. The maximum absolute atomic E-state index is 11.4. The normalized spacial score (nSPS) is 10.5. The number of carboxylic acid groups (broad SMARTS) is 1. The monoisotopic (exact) mass is 309 g/mol.